The van der Waals surface area contributed by atoms with Gasteiger partial charge in [-0.05, 0) is 94.3 Å². The van der Waals surface area contributed by atoms with Crippen molar-refractivity contribution in [1.82, 2.24) is 5.32 Å². The van der Waals surface area contributed by atoms with Crippen molar-refractivity contribution in [2.24, 2.45) is 22.2 Å². The molecule has 0 spiro atoms. The molecule has 5 aliphatic rings. The van der Waals surface area contributed by atoms with Gasteiger partial charge in [-0.1, -0.05) is 25.5 Å². The Bertz CT molecular complexity index is 663. The van der Waals surface area contributed by atoms with Crippen molar-refractivity contribution < 1.29 is 14.3 Å². The van der Waals surface area contributed by atoms with Crippen LogP contribution in [-0.2, 0) is 14.3 Å². The molecule has 28 heavy (non-hydrogen) atoms. The van der Waals surface area contributed by atoms with Crippen LogP contribution in [0, 0.1) is 22.2 Å². The Balaban J connectivity index is 1.31. The van der Waals surface area contributed by atoms with Gasteiger partial charge >= 0.3 is 5.97 Å². The summed E-state index contributed by atoms with van der Waals surface area (Å²) in [5, 5.41) is 2.97. The fraction of sp³-hybridized carbons (Fsp3) is 0.833. The van der Waals surface area contributed by atoms with Crippen LogP contribution in [0.2, 0.25) is 0 Å². The lowest BCUT2D eigenvalue weighted by molar-refractivity contribution is -0.195. The van der Waals surface area contributed by atoms with E-state index in [1.807, 2.05) is 0 Å². The first-order chi connectivity index (χ1) is 13.2. The second kappa shape index (κ2) is 7.18. The Morgan fingerprint density at radius 1 is 1.14 bits per heavy atom. The third-order valence-corrected chi connectivity index (χ3v) is 7.84. The Kier molecular flexibility index (Phi) is 5.12. The molecule has 4 nitrogen and oxygen atoms in total. The van der Waals surface area contributed by atoms with Gasteiger partial charge in [0.2, 0.25) is 0 Å². The lowest BCUT2D eigenvalue weighted by Gasteiger charge is -2.64. The Morgan fingerprint density at radius 3 is 2.46 bits per heavy atom. The van der Waals surface area contributed by atoms with E-state index >= 15 is 0 Å². The molecule has 0 heterocycles. The van der Waals surface area contributed by atoms with Crippen molar-refractivity contribution in [1.29, 1.82) is 0 Å². The number of ether oxygens (including phenoxy) is 1. The number of esters is 1. The molecule has 5 atom stereocenters. The predicted octanol–water partition coefficient (Wildman–Crippen LogP) is 4.92. The van der Waals surface area contributed by atoms with Gasteiger partial charge in [0.25, 0.3) is 5.91 Å². The second-order valence-corrected chi connectivity index (χ2v) is 11.1. The number of rotatable bonds is 6. The van der Waals surface area contributed by atoms with E-state index < -0.39 is 6.10 Å². The van der Waals surface area contributed by atoms with Crippen LogP contribution in [0.5, 0.6) is 0 Å². The number of carbonyl (C=O) groups is 2. The Morgan fingerprint density at radius 2 is 1.86 bits per heavy atom. The summed E-state index contributed by atoms with van der Waals surface area (Å²) in [5.74, 6) is 0.366. The lowest BCUT2D eigenvalue weighted by atomic mass is 9.40. The molecule has 156 valence electrons. The summed E-state index contributed by atoms with van der Waals surface area (Å²) in [7, 11) is 0. The minimum atomic E-state index is -0.707. The van der Waals surface area contributed by atoms with E-state index in [0.29, 0.717) is 12.5 Å². The van der Waals surface area contributed by atoms with Gasteiger partial charge in [-0.2, -0.15) is 0 Å². The highest BCUT2D eigenvalue weighted by Gasteiger charge is 2.63. The molecule has 0 aromatic carbocycles. The van der Waals surface area contributed by atoms with Crippen molar-refractivity contribution in [2.75, 3.05) is 6.54 Å². The first kappa shape index (κ1) is 20.0. The Labute approximate surface area is 169 Å². The molecular formula is C24H37NO3. The molecular weight excluding hydrogens is 350 g/mol. The third kappa shape index (κ3) is 3.89. The highest BCUT2D eigenvalue weighted by atomic mass is 16.5. The molecule has 5 rings (SSSR count). The average molecular weight is 388 g/mol. The van der Waals surface area contributed by atoms with Crippen molar-refractivity contribution >= 4 is 11.9 Å². The van der Waals surface area contributed by atoms with Gasteiger partial charge in [0.1, 0.15) is 0 Å². The maximum atomic E-state index is 13.2. The van der Waals surface area contributed by atoms with Crippen LogP contribution in [0.15, 0.2) is 11.6 Å². The summed E-state index contributed by atoms with van der Waals surface area (Å²) >= 11 is 0. The molecule has 0 aromatic rings. The second-order valence-electron chi connectivity index (χ2n) is 11.1. The van der Waals surface area contributed by atoms with E-state index in [2.05, 4.69) is 25.2 Å². The summed E-state index contributed by atoms with van der Waals surface area (Å²) in [5.41, 5.74) is 1.63. The quantitative estimate of drug-likeness (QED) is 0.520. The van der Waals surface area contributed by atoms with Gasteiger partial charge in [-0.15, -0.1) is 0 Å². The van der Waals surface area contributed by atoms with Crippen LogP contribution in [-0.4, -0.2) is 24.5 Å². The molecule has 4 fully saturated rings. The van der Waals surface area contributed by atoms with E-state index in [-0.39, 0.29) is 28.1 Å². The van der Waals surface area contributed by atoms with Gasteiger partial charge in [0.15, 0.2) is 6.10 Å². The molecule has 0 saturated heterocycles. The first-order valence-corrected chi connectivity index (χ1v) is 11.4. The predicted molar refractivity (Wildman–Crippen MR) is 110 cm³/mol. The van der Waals surface area contributed by atoms with E-state index in [1.165, 1.54) is 37.7 Å². The highest BCUT2D eigenvalue weighted by molar-refractivity contribution is 5.85. The monoisotopic (exact) mass is 387 g/mol. The summed E-state index contributed by atoms with van der Waals surface area (Å²) in [4.78, 5) is 25.7. The number of nitrogens with one attached hydrogen (secondary N) is 1. The minimum absolute atomic E-state index is 0.119. The molecule has 0 aromatic heterocycles. The fourth-order valence-corrected chi connectivity index (χ4v) is 7.64. The van der Waals surface area contributed by atoms with Gasteiger partial charge in [0, 0.05) is 6.54 Å². The normalized spacial score (nSPS) is 40.0. The smallest absolute Gasteiger partial charge is 0.312 e. The van der Waals surface area contributed by atoms with E-state index in [1.54, 1.807) is 6.92 Å². The van der Waals surface area contributed by atoms with Crippen LogP contribution in [0.25, 0.3) is 0 Å². The van der Waals surface area contributed by atoms with Crippen LogP contribution >= 0.6 is 0 Å². The standard InChI is InChI=1S/C24H37NO3/c1-17(20(26)25-10-9-18-7-5-4-6-8-18)28-21(27)24-13-19-11-22(2,15-24)14-23(3,12-19)16-24/h7,17,19H,4-6,8-16H2,1-3H3,(H,25,26)/t17-,19?,22-,23+,24?/m0/s1. The van der Waals surface area contributed by atoms with E-state index in [9.17, 15) is 9.59 Å². The molecule has 0 radical (unpaired) electrons. The average Bonchev–Trinajstić information content (AvgIpc) is 2.59. The van der Waals surface area contributed by atoms with Crippen molar-refractivity contribution in [3.8, 4) is 0 Å². The number of amides is 1. The lowest BCUT2D eigenvalue weighted by Crippen LogP contribution is -2.58. The highest BCUT2D eigenvalue weighted by Crippen LogP contribution is 2.69. The SMILES string of the molecule is C[C@H](OC(=O)C12CC3C[C@@](C)(C1)C[C@](C)(C3)C2)C(=O)NCCC1=CCCCC1. The number of allylic oxidation sites excluding steroid dienone is 1. The van der Waals surface area contributed by atoms with Crippen molar-refractivity contribution in [3.05, 3.63) is 11.6 Å². The third-order valence-electron chi connectivity index (χ3n) is 7.84. The maximum Gasteiger partial charge on any atom is 0.312 e. The summed E-state index contributed by atoms with van der Waals surface area (Å²) < 4.78 is 5.76. The van der Waals surface area contributed by atoms with E-state index in [4.69, 9.17) is 4.74 Å². The molecule has 4 saturated carbocycles. The van der Waals surface area contributed by atoms with Crippen LogP contribution in [0.1, 0.15) is 91.4 Å². The summed E-state index contributed by atoms with van der Waals surface area (Å²) in [6, 6.07) is 0. The van der Waals surface area contributed by atoms with Crippen LogP contribution in [0.3, 0.4) is 0 Å². The topological polar surface area (TPSA) is 55.4 Å². The van der Waals surface area contributed by atoms with E-state index in [0.717, 1.165) is 38.5 Å². The molecule has 4 heteroatoms. The van der Waals surface area contributed by atoms with Gasteiger partial charge in [-0.3, -0.25) is 9.59 Å². The van der Waals surface area contributed by atoms with Crippen LogP contribution < -0.4 is 5.32 Å². The van der Waals surface area contributed by atoms with Gasteiger partial charge in [-0.25, -0.2) is 0 Å². The molecule has 1 N–H and O–H groups in total. The Hall–Kier alpha value is -1.32. The minimum Gasteiger partial charge on any atom is -0.452 e. The zero-order chi connectivity index (χ0) is 20.0. The zero-order valence-corrected chi connectivity index (χ0v) is 17.9. The summed E-state index contributed by atoms with van der Waals surface area (Å²) in [6.07, 6.45) is 14.0. The summed E-state index contributed by atoms with van der Waals surface area (Å²) in [6.45, 7) is 7.06. The molecule has 0 aliphatic heterocycles. The van der Waals surface area contributed by atoms with Crippen LogP contribution in [0.4, 0.5) is 0 Å². The molecule has 4 bridgehead atoms. The first-order valence-electron chi connectivity index (χ1n) is 11.4. The number of carbonyl (C=O) groups excluding carboxylic acids is 2. The molecule has 1 amide bonds. The number of hydrogen-bond acceptors (Lipinski definition) is 3. The molecule has 2 unspecified atom stereocenters. The number of hydrogen-bond donors (Lipinski definition) is 1. The van der Waals surface area contributed by atoms with Crippen molar-refractivity contribution in [3.63, 3.8) is 0 Å². The zero-order valence-electron chi connectivity index (χ0n) is 17.9. The van der Waals surface area contributed by atoms with Gasteiger partial charge < -0.3 is 10.1 Å². The van der Waals surface area contributed by atoms with Gasteiger partial charge in [0.05, 0.1) is 5.41 Å². The molecule has 5 aliphatic carbocycles. The fourth-order valence-electron chi connectivity index (χ4n) is 7.64. The largest absolute Gasteiger partial charge is 0.452 e. The maximum absolute atomic E-state index is 13.2. The van der Waals surface area contributed by atoms with Crippen molar-refractivity contribution in [2.45, 2.75) is 97.5 Å².